The van der Waals surface area contributed by atoms with Crippen LogP contribution in [0, 0.1) is 17.1 Å². The number of halogens is 1. The molecule has 1 heterocycles. The third-order valence-electron chi connectivity index (χ3n) is 2.20. The van der Waals surface area contributed by atoms with Crippen LogP contribution in [0.5, 0.6) is 0 Å². The van der Waals surface area contributed by atoms with E-state index in [-0.39, 0.29) is 28.6 Å². The lowest BCUT2D eigenvalue weighted by molar-refractivity contribution is 0.630. The van der Waals surface area contributed by atoms with E-state index in [1.807, 2.05) is 6.07 Å². The molecular weight excluding hydrogens is 221 g/mol. The average molecular weight is 229 g/mol. The minimum atomic E-state index is -0.499. The molecule has 0 saturated heterocycles. The zero-order valence-corrected chi connectivity index (χ0v) is 8.68. The van der Waals surface area contributed by atoms with Crippen LogP contribution in [-0.2, 0) is 0 Å². The number of hydrogen-bond acceptors (Lipinski definition) is 5. The maximum atomic E-state index is 13.6. The van der Waals surface area contributed by atoms with Gasteiger partial charge in [0.05, 0.1) is 5.69 Å². The van der Waals surface area contributed by atoms with Gasteiger partial charge < -0.3 is 11.5 Å². The monoisotopic (exact) mass is 229 g/mol. The Balaban J connectivity index is 2.76. The molecule has 5 nitrogen and oxygen atoms in total. The fourth-order valence-electron chi connectivity index (χ4n) is 1.45. The first-order chi connectivity index (χ1) is 8.13. The molecule has 0 aliphatic heterocycles. The largest absolute Gasteiger partial charge is 0.382 e. The van der Waals surface area contributed by atoms with Gasteiger partial charge in [0.25, 0.3) is 0 Å². The van der Waals surface area contributed by atoms with Gasteiger partial charge >= 0.3 is 0 Å². The van der Waals surface area contributed by atoms with E-state index in [4.69, 9.17) is 16.7 Å². The van der Waals surface area contributed by atoms with Crippen LogP contribution < -0.4 is 11.5 Å². The quantitative estimate of drug-likeness (QED) is 0.767. The van der Waals surface area contributed by atoms with E-state index in [9.17, 15) is 4.39 Å². The zero-order valence-electron chi connectivity index (χ0n) is 8.68. The smallest absolute Gasteiger partial charge is 0.222 e. The summed E-state index contributed by atoms with van der Waals surface area (Å²) in [5.41, 5.74) is 11.3. The van der Waals surface area contributed by atoms with Crippen LogP contribution in [0.3, 0.4) is 0 Å². The minimum Gasteiger partial charge on any atom is -0.382 e. The van der Waals surface area contributed by atoms with E-state index < -0.39 is 5.82 Å². The first-order valence-electron chi connectivity index (χ1n) is 4.71. The van der Waals surface area contributed by atoms with Crippen LogP contribution in [0.15, 0.2) is 24.3 Å². The van der Waals surface area contributed by atoms with E-state index in [2.05, 4.69) is 9.97 Å². The number of anilines is 2. The summed E-state index contributed by atoms with van der Waals surface area (Å²) in [4.78, 5) is 7.52. The third-order valence-corrected chi connectivity index (χ3v) is 2.20. The molecule has 2 rings (SSSR count). The van der Waals surface area contributed by atoms with E-state index in [0.717, 1.165) is 0 Å². The highest BCUT2D eigenvalue weighted by atomic mass is 19.1. The molecular formula is C11H8FN5. The van der Waals surface area contributed by atoms with Crippen molar-refractivity contribution in [3.63, 3.8) is 0 Å². The van der Waals surface area contributed by atoms with Crippen molar-refractivity contribution >= 4 is 11.8 Å². The van der Waals surface area contributed by atoms with E-state index in [1.165, 1.54) is 12.1 Å². The maximum Gasteiger partial charge on any atom is 0.222 e. The van der Waals surface area contributed by atoms with Crippen LogP contribution in [0.2, 0.25) is 0 Å². The predicted octanol–water partition coefficient (Wildman–Crippen LogP) is 1.32. The van der Waals surface area contributed by atoms with Gasteiger partial charge in [-0.25, -0.2) is 9.37 Å². The third kappa shape index (κ3) is 1.86. The van der Waals surface area contributed by atoms with Crippen molar-refractivity contribution in [2.24, 2.45) is 0 Å². The Morgan fingerprint density at radius 1 is 1.18 bits per heavy atom. The van der Waals surface area contributed by atoms with Crippen molar-refractivity contribution in [3.05, 3.63) is 35.6 Å². The van der Waals surface area contributed by atoms with Crippen molar-refractivity contribution in [2.75, 3.05) is 11.5 Å². The van der Waals surface area contributed by atoms with Crippen LogP contribution in [0.25, 0.3) is 11.3 Å². The second-order valence-electron chi connectivity index (χ2n) is 3.28. The summed E-state index contributed by atoms with van der Waals surface area (Å²) in [5.74, 6) is -0.653. The Labute approximate surface area is 96.5 Å². The maximum absolute atomic E-state index is 13.6. The molecule has 17 heavy (non-hydrogen) atoms. The molecule has 0 aliphatic carbocycles. The molecule has 0 fully saturated rings. The van der Waals surface area contributed by atoms with Gasteiger partial charge in [-0.1, -0.05) is 12.1 Å². The highest BCUT2D eigenvalue weighted by Gasteiger charge is 2.15. The van der Waals surface area contributed by atoms with Crippen molar-refractivity contribution in [3.8, 4) is 17.3 Å². The summed E-state index contributed by atoms with van der Waals surface area (Å²) in [5, 5.41) is 8.97. The predicted molar refractivity (Wildman–Crippen MR) is 61.0 cm³/mol. The van der Waals surface area contributed by atoms with Crippen molar-refractivity contribution in [1.29, 1.82) is 5.26 Å². The molecule has 6 heteroatoms. The molecule has 2 aromatic rings. The summed E-state index contributed by atoms with van der Waals surface area (Å²) >= 11 is 0. The Hall–Kier alpha value is -2.68. The summed E-state index contributed by atoms with van der Waals surface area (Å²) < 4.78 is 13.6. The van der Waals surface area contributed by atoms with Gasteiger partial charge in [-0.15, -0.1) is 0 Å². The number of nitriles is 1. The normalized spacial score (nSPS) is 9.88. The summed E-state index contributed by atoms with van der Waals surface area (Å²) in [6.07, 6.45) is 0. The molecule has 1 aromatic carbocycles. The molecule has 0 unspecified atom stereocenters. The van der Waals surface area contributed by atoms with Crippen LogP contribution in [-0.4, -0.2) is 9.97 Å². The molecule has 0 radical (unpaired) electrons. The number of benzene rings is 1. The van der Waals surface area contributed by atoms with Gasteiger partial charge in [0.2, 0.25) is 5.95 Å². The van der Waals surface area contributed by atoms with Crippen LogP contribution in [0.1, 0.15) is 5.56 Å². The molecule has 0 bridgehead atoms. The van der Waals surface area contributed by atoms with Gasteiger partial charge in [-0.2, -0.15) is 10.2 Å². The molecule has 84 valence electrons. The average Bonchev–Trinajstić information content (AvgIpc) is 2.28. The molecule has 0 amide bonds. The fraction of sp³-hybridized carbons (Fsp3) is 0. The first kappa shape index (κ1) is 10.8. The van der Waals surface area contributed by atoms with Gasteiger partial charge in [0.15, 0.2) is 0 Å². The topological polar surface area (TPSA) is 102 Å². The van der Waals surface area contributed by atoms with Crippen molar-refractivity contribution < 1.29 is 4.39 Å². The number of aromatic nitrogens is 2. The highest BCUT2D eigenvalue weighted by molar-refractivity contribution is 5.73. The zero-order chi connectivity index (χ0) is 12.4. The number of nitrogens with two attached hydrogens (primary N) is 2. The van der Waals surface area contributed by atoms with E-state index in [1.54, 1.807) is 12.1 Å². The lowest BCUT2D eigenvalue weighted by Gasteiger charge is -2.07. The molecule has 1 aromatic heterocycles. The number of rotatable bonds is 1. The minimum absolute atomic E-state index is 0.0179. The van der Waals surface area contributed by atoms with Gasteiger partial charge in [-0.3, -0.25) is 0 Å². The Morgan fingerprint density at radius 2 is 1.88 bits per heavy atom. The molecule has 0 aliphatic rings. The van der Waals surface area contributed by atoms with Crippen molar-refractivity contribution in [1.82, 2.24) is 9.97 Å². The lowest BCUT2D eigenvalue weighted by Crippen LogP contribution is -2.05. The second kappa shape index (κ2) is 4.06. The Kier molecular flexibility index (Phi) is 2.58. The second-order valence-corrected chi connectivity index (χ2v) is 3.28. The number of hydrogen-bond donors (Lipinski definition) is 2. The number of nitrogens with zero attached hydrogens (tertiary/aromatic N) is 3. The molecule has 4 N–H and O–H groups in total. The molecule has 0 atom stereocenters. The van der Waals surface area contributed by atoms with Gasteiger partial charge in [0.1, 0.15) is 23.3 Å². The molecule has 0 saturated carbocycles. The van der Waals surface area contributed by atoms with E-state index in [0.29, 0.717) is 0 Å². The fourth-order valence-corrected chi connectivity index (χ4v) is 1.45. The summed E-state index contributed by atoms with van der Waals surface area (Å²) in [6, 6.07) is 7.78. The van der Waals surface area contributed by atoms with Gasteiger partial charge in [0, 0.05) is 5.56 Å². The summed E-state index contributed by atoms with van der Waals surface area (Å²) in [6.45, 7) is 0. The SMILES string of the molecule is N#Cc1c(N)nc(N)nc1-c1ccccc1F. The Bertz CT molecular complexity index is 618. The highest BCUT2D eigenvalue weighted by Crippen LogP contribution is 2.26. The lowest BCUT2D eigenvalue weighted by atomic mass is 10.1. The van der Waals surface area contributed by atoms with E-state index >= 15 is 0 Å². The van der Waals surface area contributed by atoms with Crippen LogP contribution >= 0.6 is 0 Å². The number of nitrogen functional groups attached to an aromatic ring is 2. The first-order valence-corrected chi connectivity index (χ1v) is 4.71. The standard InChI is InChI=1S/C11H8FN5/c12-8-4-2-1-3-6(8)9-7(5-13)10(14)17-11(15)16-9/h1-4H,(H4,14,15,16,17). The van der Waals surface area contributed by atoms with Gasteiger partial charge in [-0.05, 0) is 12.1 Å². The van der Waals surface area contributed by atoms with Crippen molar-refractivity contribution in [2.45, 2.75) is 0 Å². The summed E-state index contributed by atoms with van der Waals surface area (Å²) in [7, 11) is 0. The van der Waals surface area contributed by atoms with Crippen LogP contribution in [0.4, 0.5) is 16.2 Å². The Morgan fingerprint density at radius 3 is 2.53 bits per heavy atom. The molecule has 0 spiro atoms.